The smallest absolute Gasteiger partial charge is 0.278 e. The average Bonchev–Trinajstić information content (AvgIpc) is 3.22. The zero-order valence-corrected chi connectivity index (χ0v) is 17.2. The van der Waals surface area contributed by atoms with Crippen molar-refractivity contribution in [2.24, 2.45) is 7.05 Å². The fourth-order valence-corrected chi connectivity index (χ4v) is 4.36. The molecule has 3 aromatic heterocycles. The minimum atomic E-state index is -0.171. The molecule has 1 aromatic carbocycles. The van der Waals surface area contributed by atoms with E-state index in [0.29, 0.717) is 17.4 Å². The van der Waals surface area contributed by atoms with Crippen LogP contribution in [0.25, 0.3) is 10.2 Å². The van der Waals surface area contributed by atoms with Gasteiger partial charge in [0.15, 0.2) is 10.8 Å². The first-order valence-electron chi connectivity index (χ1n) is 8.28. The van der Waals surface area contributed by atoms with Crippen molar-refractivity contribution >= 4 is 48.5 Å². The molecular weight excluding hydrogens is 426 g/mol. The lowest BCUT2D eigenvalue weighted by Gasteiger charge is -2.19. The van der Waals surface area contributed by atoms with Crippen LogP contribution < -0.4 is 4.90 Å². The number of hydrogen-bond donors (Lipinski definition) is 0. The highest BCUT2D eigenvalue weighted by atomic mass is 79.9. The molecule has 136 valence electrons. The van der Waals surface area contributed by atoms with E-state index in [4.69, 9.17) is 0 Å². The minimum Gasteiger partial charge on any atom is -0.278 e. The fourth-order valence-electron chi connectivity index (χ4n) is 2.85. The number of pyridine rings is 1. The van der Waals surface area contributed by atoms with E-state index < -0.39 is 0 Å². The Bertz CT molecular complexity index is 1120. The lowest BCUT2D eigenvalue weighted by Crippen LogP contribution is -2.31. The number of hydrogen-bond acceptors (Lipinski definition) is 5. The summed E-state index contributed by atoms with van der Waals surface area (Å²) in [4.78, 5) is 23.8. The molecule has 0 radical (unpaired) electrons. The Morgan fingerprint density at radius 1 is 1.33 bits per heavy atom. The van der Waals surface area contributed by atoms with Crippen molar-refractivity contribution in [2.75, 3.05) is 4.90 Å². The van der Waals surface area contributed by atoms with E-state index in [0.717, 1.165) is 25.8 Å². The van der Waals surface area contributed by atoms with Crippen molar-refractivity contribution in [1.29, 1.82) is 0 Å². The van der Waals surface area contributed by atoms with Crippen LogP contribution in [0.4, 0.5) is 5.13 Å². The lowest BCUT2D eigenvalue weighted by atomic mass is 10.2. The van der Waals surface area contributed by atoms with Crippen LogP contribution >= 0.6 is 27.3 Å². The first-order chi connectivity index (χ1) is 13.0. The van der Waals surface area contributed by atoms with Crippen molar-refractivity contribution in [3.63, 3.8) is 0 Å². The number of amides is 1. The van der Waals surface area contributed by atoms with Gasteiger partial charge in [-0.25, -0.2) is 4.98 Å². The molecule has 0 saturated carbocycles. The fraction of sp³-hybridized carbons (Fsp3) is 0.158. The van der Waals surface area contributed by atoms with E-state index in [-0.39, 0.29) is 5.91 Å². The molecule has 0 aliphatic carbocycles. The van der Waals surface area contributed by atoms with E-state index in [1.165, 1.54) is 11.3 Å². The van der Waals surface area contributed by atoms with Crippen molar-refractivity contribution in [1.82, 2.24) is 19.7 Å². The predicted octanol–water partition coefficient (Wildman–Crippen LogP) is 4.34. The number of rotatable bonds is 4. The minimum absolute atomic E-state index is 0.171. The number of thiazole rings is 1. The van der Waals surface area contributed by atoms with Crippen LogP contribution in [0.1, 0.15) is 21.6 Å². The van der Waals surface area contributed by atoms with Crippen molar-refractivity contribution in [3.05, 3.63) is 70.2 Å². The van der Waals surface area contributed by atoms with E-state index in [1.54, 1.807) is 22.0 Å². The second-order valence-corrected chi connectivity index (χ2v) is 8.12. The highest BCUT2D eigenvalue weighted by Gasteiger charge is 2.25. The van der Waals surface area contributed by atoms with Crippen LogP contribution in [0.5, 0.6) is 0 Å². The van der Waals surface area contributed by atoms with Gasteiger partial charge in [-0.05, 0) is 36.8 Å². The number of anilines is 1. The molecule has 6 nitrogen and oxygen atoms in total. The molecule has 27 heavy (non-hydrogen) atoms. The number of nitrogens with zero attached hydrogens (tertiary/aromatic N) is 5. The zero-order valence-electron chi connectivity index (χ0n) is 14.8. The third-order valence-corrected chi connectivity index (χ3v) is 5.63. The molecular formula is C19H16BrN5OS. The SMILES string of the molecule is Cc1cn(C)nc1C(=O)N(Cc1cccnc1)c1nc2ccc(Br)cc2s1. The Morgan fingerprint density at radius 2 is 2.19 bits per heavy atom. The number of carbonyl (C=O) groups is 1. The number of aromatic nitrogens is 4. The lowest BCUT2D eigenvalue weighted by molar-refractivity contribution is 0.0979. The van der Waals surface area contributed by atoms with Gasteiger partial charge >= 0.3 is 0 Å². The van der Waals surface area contributed by atoms with Gasteiger partial charge in [0.05, 0.1) is 16.8 Å². The van der Waals surface area contributed by atoms with Crippen molar-refractivity contribution in [2.45, 2.75) is 13.5 Å². The molecule has 0 spiro atoms. The molecule has 0 aliphatic rings. The van der Waals surface area contributed by atoms with Gasteiger partial charge < -0.3 is 0 Å². The Labute approximate surface area is 168 Å². The monoisotopic (exact) mass is 441 g/mol. The number of benzene rings is 1. The molecule has 0 saturated heterocycles. The molecule has 1 amide bonds. The number of halogens is 1. The summed E-state index contributed by atoms with van der Waals surface area (Å²) in [7, 11) is 1.81. The summed E-state index contributed by atoms with van der Waals surface area (Å²) in [5.74, 6) is -0.171. The first-order valence-corrected chi connectivity index (χ1v) is 9.89. The first kappa shape index (κ1) is 17.8. The zero-order chi connectivity index (χ0) is 19.0. The number of carbonyl (C=O) groups excluding carboxylic acids is 1. The highest BCUT2D eigenvalue weighted by Crippen LogP contribution is 2.32. The molecule has 3 heterocycles. The van der Waals surface area contributed by atoms with Crippen molar-refractivity contribution < 1.29 is 4.79 Å². The normalized spacial score (nSPS) is 11.1. The summed E-state index contributed by atoms with van der Waals surface area (Å²) >= 11 is 4.97. The summed E-state index contributed by atoms with van der Waals surface area (Å²) in [6.45, 7) is 2.27. The third kappa shape index (κ3) is 3.63. The largest absolute Gasteiger partial charge is 0.281 e. The van der Waals surface area contributed by atoms with Gasteiger partial charge in [0.25, 0.3) is 5.91 Å². The van der Waals surface area contributed by atoms with Crippen LogP contribution in [-0.2, 0) is 13.6 Å². The van der Waals surface area contributed by atoms with Gasteiger partial charge in [0.2, 0.25) is 0 Å². The maximum atomic E-state index is 13.3. The van der Waals surface area contributed by atoms with Gasteiger partial charge in [-0.1, -0.05) is 33.3 Å². The average molecular weight is 442 g/mol. The summed E-state index contributed by atoms with van der Waals surface area (Å²) in [6, 6.07) is 9.71. The molecule has 8 heteroatoms. The second-order valence-electron chi connectivity index (χ2n) is 6.20. The van der Waals surface area contributed by atoms with E-state index >= 15 is 0 Å². The van der Waals surface area contributed by atoms with Crippen LogP contribution in [0.15, 0.2) is 53.4 Å². The molecule has 0 aliphatic heterocycles. The van der Waals surface area contributed by atoms with Gasteiger partial charge in [-0.2, -0.15) is 5.10 Å². The van der Waals surface area contributed by atoms with Crippen LogP contribution in [0.3, 0.4) is 0 Å². The molecule has 0 fully saturated rings. The van der Waals surface area contributed by atoms with Crippen LogP contribution in [-0.4, -0.2) is 25.7 Å². The Kier molecular flexibility index (Phi) is 4.75. The topological polar surface area (TPSA) is 63.9 Å². The molecule has 4 rings (SSSR count). The van der Waals surface area contributed by atoms with Crippen LogP contribution in [0.2, 0.25) is 0 Å². The summed E-state index contributed by atoms with van der Waals surface area (Å²) in [6.07, 6.45) is 5.31. The van der Waals surface area contributed by atoms with Crippen molar-refractivity contribution in [3.8, 4) is 0 Å². The Balaban J connectivity index is 1.79. The maximum absolute atomic E-state index is 13.3. The maximum Gasteiger partial charge on any atom is 0.281 e. The van der Waals surface area contributed by atoms with Gasteiger partial charge in [-0.3, -0.25) is 19.4 Å². The number of aryl methyl sites for hydroxylation is 2. The van der Waals surface area contributed by atoms with Gasteiger partial charge in [-0.15, -0.1) is 0 Å². The molecule has 0 N–H and O–H groups in total. The molecule has 4 aromatic rings. The molecule has 0 bridgehead atoms. The van der Waals surface area contributed by atoms with Crippen LogP contribution in [0, 0.1) is 6.92 Å². The molecule has 0 atom stereocenters. The van der Waals surface area contributed by atoms with E-state index in [1.807, 2.05) is 50.5 Å². The summed E-state index contributed by atoms with van der Waals surface area (Å²) in [5.41, 5.74) is 3.06. The second kappa shape index (κ2) is 7.21. The predicted molar refractivity (Wildman–Crippen MR) is 110 cm³/mol. The standard InChI is InChI=1S/C19H16BrN5OS/c1-12-10-24(2)23-17(12)18(26)25(11-13-4-3-7-21-9-13)19-22-15-6-5-14(20)8-16(15)27-19/h3-10H,11H2,1-2H3. The highest BCUT2D eigenvalue weighted by molar-refractivity contribution is 9.10. The summed E-state index contributed by atoms with van der Waals surface area (Å²) < 4.78 is 3.65. The Hall–Kier alpha value is -2.58. The van der Waals surface area contributed by atoms with Gasteiger partial charge in [0, 0.05) is 35.7 Å². The Morgan fingerprint density at radius 3 is 2.89 bits per heavy atom. The number of fused-ring (bicyclic) bond motifs is 1. The van der Waals surface area contributed by atoms with Gasteiger partial charge in [0.1, 0.15) is 0 Å². The summed E-state index contributed by atoms with van der Waals surface area (Å²) in [5, 5.41) is 4.99. The van der Waals surface area contributed by atoms with E-state index in [9.17, 15) is 4.79 Å². The quantitative estimate of drug-likeness (QED) is 0.472. The third-order valence-electron chi connectivity index (χ3n) is 4.09. The van der Waals surface area contributed by atoms with E-state index in [2.05, 4.69) is 31.0 Å². The molecule has 0 unspecified atom stereocenters.